The van der Waals surface area contributed by atoms with Crippen molar-refractivity contribution in [2.24, 2.45) is 0 Å². The Morgan fingerprint density at radius 3 is 2.62 bits per heavy atom. The summed E-state index contributed by atoms with van der Waals surface area (Å²) in [6, 6.07) is 5.92. The molecule has 2 aromatic heterocycles. The van der Waals surface area contributed by atoms with Crippen LogP contribution in [0.5, 0.6) is 0 Å². The molecule has 0 aliphatic carbocycles. The summed E-state index contributed by atoms with van der Waals surface area (Å²) in [7, 11) is 1.36. The highest BCUT2D eigenvalue weighted by Gasteiger charge is 2.16. The van der Waals surface area contributed by atoms with Gasteiger partial charge in [-0.25, -0.2) is 14.8 Å². The van der Waals surface area contributed by atoms with Gasteiger partial charge in [-0.3, -0.25) is 0 Å². The molecule has 0 atom stereocenters. The van der Waals surface area contributed by atoms with Crippen LogP contribution in [0.2, 0.25) is 0 Å². The zero-order chi connectivity index (χ0) is 21.4. The van der Waals surface area contributed by atoms with Crippen LogP contribution in [0, 0.1) is 0 Å². The normalized spacial score (nSPS) is 11.1. The summed E-state index contributed by atoms with van der Waals surface area (Å²) in [6.07, 6.45) is 7.29. The van der Waals surface area contributed by atoms with E-state index in [0.29, 0.717) is 5.82 Å². The van der Waals surface area contributed by atoms with E-state index in [1.165, 1.54) is 13.2 Å². The van der Waals surface area contributed by atoms with Crippen molar-refractivity contribution in [3.05, 3.63) is 35.7 Å². The van der Waals surface area contributed by atoms with Crippen LogP contribution in [-0.4, -0.2) is 27.6 Å². The molecule has 156 valence electrons. The summed E-state index contributed by atoms with van der Waals surface area (Å²) in [4.78, 5) is 20.7. The van der Waals surface area contributed by atoms with E-state index in [1.54, 1.807) is 6.08 Å². The van der Waals surface area contributed by atoms with Crippen molar-refractivity contribution in [1.29, 1.82) is 0 Å². The van der Waals surface area contributed by atoms with Gasteiger partial charge in [0.1, 0.15) is 11.3 Å². The molecular weight excluding hydrogens is 364 g/mol. The minimum Gasteiger partial charge on any atom is -0.466 e. The van der Waals surface area contributed by atoms with Gasteiger partial charge in [-0.05, 0) is 30.5 Å². The Labute approximate surface area is 172 Å². The average molecular weight is 397 g/mol. The molecule has 0 bridgehead atoms. The number of pyridine rings is 1. The number of ether oxygens (including phenoxy) is 1. The molecule has 0 saturated carbocycles. The Hall–Kier alpha value is -2.89. The van der Waals surface area contributed by atoms with Gasteiger partial charge in [0.25, 0.3) is 0 Å². The van der Waals surface area contributed by atoms with Crippen LogP contribution in [0.25, 0.3) is 28.0 Å². The first-order valence-electron chi connectivity index (χ1n) is 10.4. The zero-order valence-corrected chi connectivity index (χ0v) is 18.2. The van der Waals surface area contributed by atoms with Gasteiger partial charge in [0.05, 0.1) is 18.1 Å². The van der Waals surface area contributed by atoms with Crippen molar-refractivity contribution >= 4 is 39.8 Å². The average Bonchev–Trinajstić information content (AvgIpc) is 3.11. The number of carbonyl (C=O) groups is 1. The molecule has 3 rings (SSSR count). The minimum atomic E-state index is -0.389. The quantitative estimate of drug-likeness (QED) is 0.442. The second kappa shape index (κ2) is 10.6. The maximum atomic E-state index is 11.3. The van der Waals surface area contributed by atoms with Crippen LogP contribution in [0.4, 0.5) is 5.82 Å². The van der Waals surface area contributed by atoms with Gasteiger partial charge in [-0.1, -0.05) is 46.2 Å². The number of hydrogen-bond donors (Lipinski definition) is 1. The molecule has 0 spiro atoms. The van der Waals surface area contributed by atoms with Crippen LogP contribution in [0.1, 0.15) is 58.3 Å². The van der Waals surface area contributed by atoms with Crippen molar-refractivity contribution in [3.8, 4) is 0 Å². The number of imidazole rings is 1. The molecule has 2 N–H and O–H groups in total. The maximum absolute atomic E-state index is 11.3. The third-order valence-corrected chi connectivity index (χ3v) is 4.62. The fraction of sp³-hybridized carbons (Fsp3) is 0.435. The number of nitrogens with two attached hydrogens (primary N) is 1. The first kappa shape index (κ1) is 22.4. The molecule has 0 aliphatic rings. The van der Waals surface area contributed by atoms with Crippen LogP contribution >= 0.6 is 0 Å². The number of nitrogens with zero attached hydrogens (tertiary/aromatic N) is 3. The summed E-state index contributed by atoms with van der Waals surface area (Å²) >= 11 is 0. The third kappa shape index (κ3) is 4.94. The highest BCUT2D eigenvalue weighted by molar-refractivity contribution is 6.07. The number of anilines is 1. The number of benzene rings is 1. The number of unbranched alkanes of at least 4 members (excludes halogenated alkanes) is 1. The molecule has 1 aromatic carbocycles. The largest absolute Gasteiger partial charge is 0.466 e. The molecule has 0 fully saturated rings. The zero-order valence-electron chi connectivity index (χ0n) is 18.2. The van der Waals surface area contributed by atoms with Crippen LogP contribution in [0.3, 0.4) is 0 Å². The highest BCUT2D eigenvalue weighted by atomic mass is 16.5. The Kier molecular flexibility index (Phi) is 8.19. The number of aromatic nitrogens is 3. The predicted octanol–water partition coefficient (Wildman–Crippen LogP) is 5.13. The molecule has 2 heterocycles. The Morgan fingerprint density at radius 2 is 1.97 bits per heavy atom. The summed E-state index contributed by atoms with van der Waals surface area (Å²) in [5.74, 6) is 1.13. The van der Waals surface area contributed by atoms with Gasteiger partial charge < -0.3 is 15.0 Å². The molecular formula is C23H32N4O2. The minimum absolute atomic E-state index is 0.389. The monoisotopic (exact) mass is 396 g/mol. The summed E-state index contributed by atoms with van der Waals surface area (Å²) in [5.41, 5.74) is 9.74. The molecule has 0 amide bonds. The highest BCUT2D eigenvalue weighted by Crippen LogP contribution is 2.30. The van der Waals surface area contributed by atoms with Crippen LogP contribution in [-0.2, 0) is 22.5 Å². The van der Waals surface area contributed by atoms with E-state index in [2.05, 4.69) is 28.1 Å². The molecule has 29 heavy (non-hydrogen) atoms. The number of rotatable bonds is 7. The van der Waals surface area contributed by atoms with Gasteiger partial charge in [-0.15, -0.1) is 0 Å². The van der Waals surface area contributed by atoms with E-state index < -0.39 is 0 Å². The van der Waals surface area contributed by atoms with E-state index in [0.717, 1.165) is 65.6 Å². The van der Waals surface area contributed by atoms with E-state index in [4.69, 9.17) is 10.7 Å². The van der Waals surface area contributed by atoms with E-state index in [1.807, 2.05) is 32.0 Å². The predicted molar refractivity (Wildman–Crippen MR) is 121 cm³/mol. The number of esters is 1. The van der Waals surface area contributed by atoms with E-state index in [9.17, 15) is 4.79 Å². The van der Waals surface area contributed by atoms with Crippen molar-refractivity contribution in [3.63, 3.8) is 0 Å². The van der Waals surface area contributed by atoms with Gasteiger partial charge >= 0.3 is 5.97 Å². The molecule has 6 heteroatoms. The van der Waals surface area contributed by atoms with Crippen LogP contribution < -0.4 is 5.73 Å². The smallest absolute Gasteiger partial charge is 0.330 e. The number of nitrogen functional groups attached to an aromatic ring is 1. The van der Waals surface area contributed by atoms with Gasteiger partial charge in [0, 0.05) is 24.4 Å². The van der Waals surface area contributed by atoms with Crippen molar-refractivity contribution in [1.82, 2.24) is 14.5 Å². The molecule has 6 nitrogen and oxygen atoms in total. The SMILES string of the molecule is CC.CCCCc1nc2c(N)nc3cc(/C=C/C(=O)OC)ccc3c2n1CCC. The third-order valence-electron chi connectivity index (χ3n) is 4.62. The van der Waals surface area contributed by atoms with E-state index in [-0.39, 0.29) is 5.97 Å². The Morgan fingerprint density at radius 1 is 1.21 bits per heavy atom. The van der Waals surface area contributed by atoms with Crippen LogP contribution in [0.15, 0.2) is 24.3 Å². The second-order valence-electron chi connectivity index (χ2n) is 6.61. The van der Waals surface area contributed by atoms with Crippen molar-refractivity contribution < 1.29 is 9.53 Å². The van der Waals surface area contributed by atoms with Gasteiger partial charge in [0.2, 0.25) is 0 Å². The summed E-state index contributed by atoms with van der Waals surface area (Å²) in [5, 5.41) is 1.03. The Bertz CT molecular complexity index is 1010. The molecule has 0 radical (unpaired) electrons. The lowest BCUT2D eigenvalue weighted by molar-refractivity contribution is -0.134. The summed E-state index contributed by atoms with van der Waals surface area (Å²) in [6.45, 7) is 9.25. The van der Waals surface area contributed by atoms with Gasteiger partial charge in [0.15, 0.2) is 5.82 Å². The lowest BCUT2D eigenvalue weighted by Gasteiger charge is -2.10. The number of methoxy groups -OCH3 is 1. The molecule has 3 aromatic rings. The number of carbonyl (C=O) groups excluding carboxylic acids is 1. The van der Waals surface area contributed by atoms with Crippen molar-refractivity contribution in [2.45, 2.75) is 59.9 Å². The standard InChI is InChI=1S/C21H26N4O2.C2H6/c1-4-6-7-17-24-19-20(25(17)12-5-2)15-10-8-14(9-11-18(26)27-3)13-16(15)23-21(19)22;1-2/h8-11,13H,4-7,12H2,1-3H3,(H2,22,23);1-2H3/b11-9+;. The van der Waals surface area contributed by atoms with E-state index >= 15 is 0 Å². The first-order chi connectivity index (χ1) is 14.1. The summed E-state index contributed by atoms with van der Waals surface area (Å²) < 4.78 is 6.93. The maximum Gasteiger partial charge on any atom is 0.330 e. The molecule has 0 unspecified atom stereocenters. The first-order valence-corrected chi connectivity index (χ1v) is 10.4. The number of fused-ring (bicyclic) bond motifs is 3. The number of aryl methyl sites for hydroxylation is 2. The van der Waals surface area contributed by atoms with Crippen molar-refractivity contribution in [2.75, 3.05) is 12.8 Å². The fourth-order valence-corrected chi connectivity index (χ4v) is 3.30. The topological polar surface area (TPSA) is 83.0 Å². The lowest BCUT2D eigenvalue weighted by Crippen LogP contribution is -2.04. The molecule has 0 aliphatic heterocycles. The molecule has 0 saturated heterocycles. The van der Waals surface area contributed by atoms with Gasteiger partial charge in [-0.2, -0.15) is 0 Å². The lowest BCUT2D eigenvalue weighted by atomic mass is 10.1. The second-order valence-corrected chi connectivity index (χ2v) is 6.61. The Balaban J connectivity index is 0.00000145. The number of hydrogen-bond acceptors (Lipinski definition) is 5. The fourth-order valence-electron chi connectivity index (χ4n) is 3.30.